The highest BCUT2D eigenvalue weighted by atomic mass is 16.4. The molecule has 0 aliphatic heterocycles. The largest absolute Gasteiger partial charge is 0.508 e. The van der Waals surface area contributed by atoms with Crippen LogP contribution in [0.15, 0.2) is 18.2 Å². The van der Waals surface area contributed by atoms with Gasteiger partial charge in [-0.25, -0.2) is 0 Å². The molecular formula is C15H14O5. The number of benzene rings is 1. The van der Waals surface area contributed by atoms with Crippen molar-refractivity contribution in [3.63, 3.8) is 0 Å². The summed E-state index contributed by atoms with van der Waals surface area (Å²) in [6.07, 6.45) is 0.156. The Labute approximate surface area is 115 Å². The molecule has 4 atom stereocenters. The normalized spacial score (nSPS) is 30.9. The van der Waals surface area contributed by atoms with E-state index in [1.807, 2.05) is 0 Å². The van der Waals surface area contributed by atoms with E-state index in [0.717, 1.165) is 5.56 Å². The van der Waals surface area contributed by atoms with Crippen LogP contribution in [0.3, 0.4) is 0 Å². The zero-order chi connectivity index (χ0) is 14.6. The molecule has 0 amide bonds. The second-order valence-electron chi connectivity index (χ2n) is 5.57. The fourth-order valence-corrected chi connectivity index (χ4v) is 3.78. The van der Waals surface area contributed by atoms with Crippen LogP contribution in [0.1, 0.15) is 36.3 Å². The molecule has 104 valence electrons. The third kappa shape index (κ3) is 1.59. The van der Waals surface area contributed by atoms with Gasteiger partial charge in [-0.05, 0) is 30.2 Å². The van der Waals surface area contributed by atoms with Crippen LogP contribution in [0, 0.1) is 11.8 Å². The van der Waals surface area contributed by atoms with Crippen LogP contribution in [0.2, 0.25) is 0 Å². The van der Waals surface area contributed by atoms with E-state index in [1.54, 1.807) is 6.07 Å². The number of hydrogen-bond donors (Lipinski definition) is 2. The number of carboxylic acid groups (broad SMARTS) is 1. The number of Topliss-reactive ketones (excluding diaryl/α,β-unsaturated/α-hetero) is 2. The minimum Gasteiger partial charge on any atom is -0.508 e. The van der Waals surface area contributed by atoms with Gasteiger partial charge in [0, 0.05) is 18.3 Å². The minimum atomic E-state index is -1.04. The maximum absolute atomic E-state index is 12.2. The quantitative estimate of drug-likeness (QED) is 0.851. The average Bonchev–Trinajstić information content (AvgIpc) is 2.36. The molecule has 2 bridgehead atoms. The van der Waals surface area contributed by atoms with Gasteiger partial charge in [0.05, 0.1) is 11.8 Å². The van der Waals surface area contributed by atoms with Gasteiger partial charge in [0.1, 0.15) is 17.3 Å². The number of rotatable bonds is 2. The van der Waals surface area contributed by atoms with Gasteiger partial charge < -0.3 is 10.2 Å². The highest BCUT2D eigenvalue weighted by Crippen LogP contribution is 2.54. The summed E-state index contributed by atoms with van der Waals surface area (Å²) < 4.78 is 0. The molecule has 1 fully saturated rings. The monoisotopic (exact) mass is 274 g/mol. The smallest absolute Gasteiger partial charge is 0.307 e. The van der Waals surface area contributed by atoms with E-state index in [1.165, 1.54) is 19.1 Å². The van der Waals surface area contributed by atoms with Crippen molar-refractivity contribution >= 4 is 17.5 Å². The maximum atomic E-state index is 12.2. The number of hydrogen-bond acceptors (Lipinski definition) is 4. The lowest BCUT2D eigenvalue weighted by Crippen LogP contribution is -2.49. The van der Waals surface area contributed by atoms with E-state index in [2.05, 4.69) is 0 Å². The van der Waals surface area contributed by atoms with Crippen LogP contribution in [0.4, 0.5) is 0 Å². The summed E-state index contributed by atoms with van der Waals surface area (Å²) >= 11 is 0. The molecule has 20 heavy (non-hydrogen) atoms. The first-order valence-corrected chi connectivity index (χ1v) is 6.50. The summed E-state index contributed by atoms with van der Waals surface area (Å²) in [6, 6.07) is 4.64. The summed E-state index contributed by atoms with van der Waals surface area (Å²) in [4.78, 5) is 35.6. The number of carboxylic acids is 1. The molecule has 0 saturated heterocycles. The van der Waals surface area contributed by atoms with Gasteiger partial charge in [-0.15, -0.1) is 0 Å². The predicted molar refractivity (Wildman–Crippen MR) is 68.5 cm³/mol. The van der Waals surface area contributed by atoms with E-state index in [9.17, 15) is 24.6 Å². The Kier molecular flexibility index (Phi) is 2.67. The Morgan fingerprint density at radius 1 is 1.20 bits per heavy atom. The standard InChI is InChI=1S/C15H14O5/c1-6(16)12-13-9-4-7(17)2-3-8(9)10(5-11(13)18)14(12)15(19)20/h2-4,10,12-14,17H,5H2,1H3,(H,19,20). The molecule has 4 rings (SSSR count). The molecule has 0 radical (unpaired) electrons. The van der Waals surface area contributed by atoms with Crippen LogP contribution < -0.4 is 0 Å². The molecule has 3 aliphatic carbocycles. The number of aromatic hydroxyl groups is 1. The van der Waals surface area contributed by atoms with Crippen molar-refractivity contribution in [1.82, 2.24) is 0 Å². The van der Waals surface area contributed by atoms with Gasteiger partial charge in [0.2, 0.25) is 0 Å². The zero-order valence-electron chi connectivity index (χ0n) is 10.9. The Bertz CT molecular complexity index is 633. The number of aliphatic carboxylic acids is 1. The first kappa shape index (κ1) is 12.8. The van der Waals surface area contributed by atoms with E-state index < -0.39 is 29.6 Å². The summed E-state index contributed by atoms with van der Waals surface area (Å²) in [5.74, 6) is -4.29. The minimum absolute atomic E-state index is 0.0262. The zero-order valence-corrected chi connectivity index (χ0v) is 10.9. The summed E-state index contributed by atoms with van der Waals surface area (Å²) in [6.45, 7) is 1.33. The Balaban J connectivity index is 2.24. The molecular weight excluding hydrogens is 260 g/mol. The Morgan fingerprint density at radius 2 is 1.90 bits per heavy atom. The molecule has 1 saturated carbocycles. The van der Waals surface area contributed by atoms with Crippen LogP contribution >= 0.6 is 0 Å². The van der Waals surface area contributed by atoms with Crippen molar-refractivity contribution in [3.8, 4) is 5.75 Å². The van der Waals surface area contributed by atoms with Crippen LogP contribution in [-0.2, 0) is 14.4 Å². The van der Waals surface area contributed by atoms with E-state index in [4.69, 9.17) is 0 Å². The molecule has 5 heteroatoms. The predicted octanol–water partition coefficient (Wildman–Crippen LogP) is 1.45. The van der Waals surface area contributed by atoms with Crippen molar-refractivity contribution in [3.05, 3.63) is 29.3 Å². The molecule has 1 aromatic rings. The van der Waals surface area contributed by atoms with Crippen molar-refractivity contribution in [2.45, 2.75) is 25.2 Å². The summed E-state index contributed by atoms with van der Waals surface area (Å²) in [5, 5.41) is 19.0. The molecule has 5 nitrogen and oxygen atoms in total. The number of phenols is 1. The van der Waals surface area contributed by atoms with Crippen LogP contribution in [0.25, 0.3) is 0 Å². The van der Waals surface area contributed by atoms with Gasteiger partial charge in [-0.2, -0.15) is 0 Å². The lowest BCUT2D eigenvalue weighted by Gasteiger charge is -2.45. The van der Waals surface area contributed by atoms with Crippen molar-refractivity contribution in [2.24, 2.45) is 11.8 Å². The van der Waals surface area contributed by atoms with E-state index in [0.29, 0.717) is 5.56 Å². The van der Waals surface area contributed by atoms with Gasteiger partial charge in [0.15, 0.2) is 0 Å². The van der Waals surface area contributed by atoms with Gasteiger partial charge >= 0.3 is 5.97 Å². The number of carbonyl (C=O) groups is 3. The molecule has 3 aliphatic rings. The number of fused-ring (bicyclic) bond motifs is 2. The molecule has 0 heterocycles. The number of ketones is 2. The second-order valence-corrected chi connectivity index (χ2v) is 5.57. The van der Waals surface area contributed by atoms with E-state index >= 15 is 0 Å². The van der Waals surface area contributed by atoms with Gasteiger partial charge in [-0.3, -0.25) is 14.4 Å². The lowest BCUT2D eigenvalue weighted by molar-refractivity contribution is -0.152. The summed E-state index contributed by atoms with van der Waals surface area (Å²) in [7, 11) is 0. The summed E-state index contributed by atoms with van der Waals surface area (Å²) in [5.41, 5.74) is 1.39. The molecule has 1 aromatic carbocycles. The fraction of sp³-hybridized carbons (Fsp3) is 0.400. The van der Waals surface area contributed by atoms with Gasteiger partial charge in [0.25, 0.3) is 0 Å². The highest BCUT2D eigenvalue weighted by Gasteiger charge is 2.55. The topological polar surface area (TPSA) is 91.7 Å². The lowest BCUT2D eigenvalue weighted by atomic mass is 9.55. The molecule has 0 aromatic heterocycles. The van der Waals surface area contributed by atoms with Crippen molar-refractivity contribution < 1.29 is 24.6 Å². The Morgan fingerprint density at radius 3 is 2.50 bits per heavy atom. The highest BCUT2D eigenvalue weighted by molar-refractivity contribution is 6.00. The van der Waals surface area contributed by atoms with Crippen molar-refractivity contribution in [1.29, 1.82) is 0 Å². The number of phenolic OH excluding ortho intramolecular Hbond substituents is 1. The fourth-order valence-electron chi connectivity index (χ4n) is 3.78. The average molecular weight is 274 g/mol. The van der Waals surface area contributed by atoms with Crippen LogP contribution in [-0.4, -0.2) is 27.7 Å². The van der Waals surface area contributed by atoms with Crippen LogP contribution in [0.5, 0.6) is 5.75 Å². The first-order valence-electron chi connectivity index (χ1n) is 6.50. The second kappa shape index (κ2) is 4.16. The molecule has 0 spiro atoms. The maximum Gasteiger partial charge on any atom is 0.307 e. The van der Waals surface area contributed by atoms with E-state index in [-0.39, 0.29) is 23.7 Å². The molecule has 4 unspecified atom stereocenters. The number of carbonyl (C=O) groups excluding carboxylic acids is 2. The third-order valence-electron chi connectivity index (χ3n) is 4.51. The van der Waals surface area contributed by atoms with Crippen molar-refractivity contribution in [2.75, 3.05) is 0 Å². The van der Waals surface area contributed by atoms with Gasteiger partial charge in [-0.1, -0.05) is 6.07 Å². The SMILES string of the molecule is CC(=O)C1C2C(=O)CC(c3ccc(O)cc32)C1C(=O)O. The third-order valence-corrected chi connectivity index (χ3v) is 4.51. The first-order chi connectivity index (χ1) is 9.41. The Hall–Kier alpha value is -2.17. The molecule has 2 N–H and O–H groups in total.